The van der Waals surface area contributed by atoms with Crippen molar-refractivity contribution in [2.45, 2.75) is 44.2 Å². The third kappa shape index (κ3) is 2.49. The molecule has 0 spiro atoms. The molecule has 0 saturated carbocycles. The van der Waals surface area contributed by atoms with Crippen LogP contribution in [0, 0.1) is 5.92 Å². The predicted molar refractivity (Wildman–Crippen MR) is 55.3 cm³/mol. The number of cyclic esters (lactones) is 1. The molecule has 2 heterocycles. The second-order valence-electron chi connectivity index (χ2n) is 4.46. The minimum atomic E-state index is -0.532. The smallest absolute Gasteiger partial charge is 0.313 e. The van der Waals surface area contributed by atoms with Crippen molar-refractivity contribution in [3.8, 4) is 0 Å². The summed E-state index contributed by atoms with van der Waals surface area (Å²) < 4.78 is 5.10. The number of aliphatic hydroxyl groups is 1. The topological polar surface area (TPSA) is 58.6 Å². The molecule has 0 aromatic heterocycles. The molecular formula is C11H19NO3. The molecule has 2 fully saturated rings. The molecule has 2 N–H and O–H groups in total. The molecule has 2 saturated heterocycles. The summed E-state index contributed by atoms with van der Waals surface area (Å²) in [6.45, 7) is 1.40. The molecule has 0 aromatic carbocycles. The number of aliphatic hydroxyl groups excluding tert-OH is 1. The first-order chi connectivity index (χ1) is 7.29. The van der Waals surface area contributed by atoms with Crippen molar-refractivity contribution in [1.82, 2.24) is 5.32 Å². The molecule has 0 bridgehead atoms. The first kappa shape index (κ1) is 10.9. The standard InChI is InChI=1S/C11H19NO3/c13-9-5-3-7-15-11(14)10(9)8-4-1-2-6-12-8/h8-10,12-13H,1-7H2/t8-,9-,10-/m1/s1. The second-order valence-corrected chi connectivity index (χ2v) is 4.46. The van der Waals surface area contributed by atoms with Crippen molar-refractivity contribution in [1.29, 1.82) is 0 Å². The van der Waals surface area contributed by atoms with Crippen LogP contribution in [0.5, 0.6) is 0 Å². The number of ether oxygens (including phenoxy) is 1. The zero-order valence-corrected chi connectivity index (χ0v) is 8.95. The zero-order chi connectivity index (χ0) is 10.7. The number of nitrogens with one attached hydrogen (secondary N) is 1. The summed E-state index contributed by atoms with van der Waals surface area (Å²) in [6, 6.07) is 0.111. The number of rotatable bonds is 1. The van der Waals surface area contributed by atoms with E-state index in [0.29, 0.717) is 13.0 Å². The Hall–Kier alpha value is -0.610. The third-order valence-corrected chi connectivity index (χ3v) is 3.36. The van der Waals surface area contributed by atoms with E-state index in [1.54, 1.807) is 0 Å². The molecule has 15 heavy (non-hydrogen) atoms. The molecule has 4 heteroatoms. The fourth-order valence-electron chi connectivity index (χ4n) is 2.52. The van der Waals surface area contributed by atoms with Gasteiger partial charge in [0.05, 0.1) is 18.6 Å². The van der Waals surface area contributed by atoms with Gasteiger partial charge in [0.1, 0.15) is 0 Å². The summed E-state index contributed by atoms with van der Waals surface area (Å²) in [6.07, 6.45) is 4.18. The lowest BCUT2D eigenvalue weighted by Crippen LogP contribution is -2.48. The monoisotopic (exact) mass is 213 g/mol. The van der Waals surface area contributed by atoms with E-state index in [2.05, 4.69) is 5.32 Å². The van der Waals surface area contributed by atoms with Gasteiger partial charge in [0, 0.05) is 6.04 Å². The molecule has 0 radical (unpaired) electrons. The van der Waals surface area contributed by atoms with Crippen LogP contribution in [0.15, 0.2) is 0 Å². The maximum absolute atomic E-state index is 11.7. The summed E-state index contributed by atoms with van der Waals surface area (Å²) in [4.78, 5) is 11.7. The van der Waals surface area contributed by atoms with Crippen molar-refractivity contribution in [2.75, 3.05) is 13.2 Å². The summed E-state index contributed by atoms with van der Waals surface area (Å²) in [5.74, 6) is -0.577. The van der Waals surface area contributed by atoms with E-state index < -0.39 is 6.10 Å². The van der Waals surface area contributed by atoms with Crippen LogP contribution in [0.25, 0.3) is 0 Å². The number of carbonyl (C=O) groups is 1. The van der Waals surface area contributed by atoms with Gasteiger partial charge >= 0.3 is 5.97 Å². The lowest BCUT2D eigenvalue weighted by Gasteiger charge is -2.31. The molecule has 86 valence electrons. The molecule has 2 aliphatic heterocycles. The first-order valence-corrected chi connectivity index (χ1v) is 5.87. The van der Waals surface area contributed by atoms with Crippen molar-refractivity contribution in [2.24, 2.45) is 5.92 Å². The summed E-state index contributed by atoms with van der Waals surface area (Å²) in [7, 11) is 0. The van der Waals surface area contributed by atoms with Crippen LogP contribution >= 0.6 is 0 Å². The van der Waals surface area contributed by atoms with Gasteiger partial charge in [0.2, 0.25) is 0 Å². The Morgan fingerprint density at radius 1 is 1.27 bits per heavy atom. The quantitative estimate of drug-likeness (QED) is 0.621. The van der Waals surface area contributed by atoms with E-state index in [1.165, 1.54) is 0 Å². The van der Waals surface area contributed by atoms with Crippen molar-refractivity contribution in [3.05, 3.63) is 0 Å². The van der Waals surface area contributed by atoms with Gasteiger partial charge in [-0.05, 0) is 32.2 Å². The highest BCUT2D eigenvalue weighted by Crippen LogP contribution is 2.24. The largest absolute Gasteiger partial charge is 0.465 e. The van der Waals surface area contributed by atoms with E-state index in [-0.39, 0.29) is 17.9 Å². The van der Waals surface area contributed by atoms with Gasteiger partial charge in [-0.1, -0.05) is 6.42 Å². The summed E-state index contributed by atoms with van der Waals surface area (Å²) in [5, 5.41) is 13.2. The van der Waals surface area contributed by atoms with Gasteiger partial charge in [0.15, 0.2) is 0 Å². The van der Waals surface area contributed by atoms with E-state index in [4.69, 9.17) is 4.74 Å². The maximum atomic E-state index is 11.7. The van der Waals surface area contributed by atoms with Crippen LogP contribution in [0.3, 0.4) is 0 Å². The highest BCUT2D eigenvalue weighted by Gasteiger charge is 2.37. The molecule has 2 rings (SSSR count). The Labute approximate surface area is 90.0 Å². The maximum Gasteiger partial charge on any atom is 0.313 e. The third-order valence-electron chi connectivity index (χ3n) is 3.36. The van der Waals surface area contributed by atoms with E-state index in [0.717, 1.165) is 32.2 Å². The Bertz CT molecular complexity index is 226. The molecule has 2 aliphatic rings. The molecular weight excluding hydrogens is 194 g/mol. The Kier molecular flexibility index (Phi) is 3.59. The molecule has 0 unspecified atom stereocenters. The van der Waals surface area contributed by atoms with Gasteiger partial charge < -0.3 is 15.2 Å². The van der Waals surface area contributed by atoms with Gasteiger partial charge in [-0.15, -0.1) is 0 Å². The molecule has 0 amide bonds. The lowest BCUT2D eigenvalue weighted by atomic mass is 9.87. The van der Waals surface area contributed by atoms with Crippen LogP contribution in [0.2, 0.25) is 0 Å². The second kappa shape index (κ2) is 4.94. The summed E-state index contributed by atoms with van der Waals surface area (Å²) in [5.41, 5.74) is 0. The van der Waals surface area contributed by atoms with Crippen LogP contribution in [-0.4, -0.2) is 36.4 Å². The minimum Gasteiger partial charge on any atom is -0.465 e. The molecule has 0 aliphatic carbocycles. The number of esters is 1. The van der Waals surface area contributed by atoms with Gasteiger partial charge in [-0.3, -0.25) is 4.79 Å². The number of hydrogen-bond acceptors (Lipinski definition) is 4. The van der Waals surface area contributed by atoms with Crippen LogP contribution < -0.4 is 5.32 Å². The van der Waals surface area contributed by atoms with Crippen molar-refractivity contribution >= 4 is 5.97 Å². The van der Waals surface area contributed by atoms with E-state index >= 15 is 0 Å². The number of piperidine rings is 1. The predicted octanol–water partition coefficient (Wildman–Crippen LogP) is 0.443. The average Bonchev–Trinajstić information content (AvgIpc) is 2.41. The van der Waals surface area contributed by atoms with Gasteiger partial charge in [-0.2, -0.15) is 0 Å². The highest BCUT2D eigenvalue weighted by molar-refractivity contribution is 5.74. The molecule has 4 nitrogen and oxygen atoms in total. The SMILES string of the molecule is O=C1OCCC[C@@H](O)[C@H]1[C@H]1CCCCN1. The van der Waals surface area contributed by atoms with Gasteiger partial charge in [0.25, 0.3) is 0 Å². The fourth-order valence-corrected chi connectivity index (χ4v) is 2.52. The summed E-state index contributed by atoms with van der Waals surface area (Å²) >= 11 is 0. The average molecular weight is 213 g/mol. The number of carbonyl (C=O) groups excluding carboxylic acids is 1. The van der Waals surface area contributed by atoms with E-state index in [1.807, 2.05) is 0 Å². The minimum absolute atomic E-state index is 0.111. The zero-order valence-electron chi connectivity index (χ0n) is 8.95. The van der Waals surface area contributed by atoms with E-state index in [9.17, 15) is 9.90 Å². The Balaban J connectivity index is 2.04. The van der Waals surface area contributed by atoms with Crippen LogP contribution in [0.1, 0.15) is 32.1 Å². The van der Waals surface area contributed by atoms with Gasteiger partial charge in [-0.25, -0.2) is 0 Å². The fraction of sp³-hybridized carbons (Fsp3) is 0.909. The highest BCUT2D eigenvalue weighted by atomic mass is 16.5. The Morgan fingerprint density at radius 3 is 2.87 bits per heavy atom. The molecule has 0 aromatic rings. The first-order valence-electron chi connectivity index (χ1n) is 5.87. The molecule has 3 atom stereocenters. The lowest BCUT2D eigenvalue weighted by molar-refractivity contribution is -0.151. The van der Waals surface area contributed by atoms with Crippen molar-refractivity contribution < 1.29 is 14.6 Å². The van der Waals surface area contributed by atoms with Crippen molar-refractivity contribution in [3.63, 3.8) is 0 Å². The van der Waals surface area contributed by atoms with Crippen LogP contribution in [0.4, 0.5) is 0 Å². The van der Waals surface area contributed by atoms with Crippen LogP contribution in [-0.2, 0) is 9.53 Å². The normalized spacial score (nSPS) is 38.2. The Morgan fingerprint density at radius 2 is 2.13 bits per heavy atom. The number of hydrogen-bond donors (Lipinski definition) is 2.